The quantitative estimate of drug-likeness (QED) is 0.495. The maximum Gasteiger partial charge on any atom is 0.341 e. The molecule has 0 saturated carbocycles. The molecule has 4 rings (SSSR count). The van der Waals surface area contributed by atoms with Gasteiger partial charge in [0.25, 0.3) is 0 Å². The molecule has 4 nitrogen and oxygen atoms in total. The second kappa shape index (κ2) is 9.26. The molecule has 6 heteroatoms. The van der Waals surface area contributed by atoms with Gasteiger partial charge in [-0.1, -0.05) is 37.1 Å². The molecule has 0 bridgehead atoms. The van der Waals surface area contributed by atoms with Gasteiger partial charge in [0.15, 0.2) is 5.11 Å². The average Bonchev–Trinajstić information content (AvgIpc) is 3.03. The molecule has 1 unspecified atom stereocenters. The summed E-state index contributed by atoms with van der Waals surface area (Å²) in [5.41, 5.74) is 4.57. The molecular weight excluding hydrogens is 400 g/mol. The lowest BCUT2D eigenvalue weighted by atomic mass is 9.88. The number of rotatable bonds is 3. The number of thiocarbonyl (C=S) groups is 1. The van der Waals surface area contributed by atoms with E-state index in [-0.39, 0.29) is 12.0 Å². The molecule has 2 aliphatic carbocycles. The van der Waals surface area contributed by atoms with Gasteiger partial charge in [-0.15, -0.1) is 11.3 Å². The van der Waals surface area contributed by atoms with Crippen LogP contribution in [0.5, 0.6) is 0 Å². The summed E-state index contributed by atoms with van der Waals surface area (Å²) < 4.78 is 5.12. The first-order valence-corrected chi connectivity index (χ1v) is 11.8. The minimum Gasteiger partial charge on any atom is -0.465 e. The molecule has 29 heavy (non-hydrogen) atoms. The third kappa shape index (κ3) is 4.48. The fraction of sp³-hybridized carbons (Fsp3) is 0.478. The summed E-state index contributed by atoms with van der Waals surface area (Å²) in [6, 6.07) is 8.79. The number of esters is 1. The third-order valence-electron chi connectivity index (χ3n) is 5.96. The van der Waals surface area contributed by atoms with E-state index >= 15 is 0 Å². The first-order valence-electron chi connectivity index (χ1n) is 10.6. The molecule has 0 saturated heterocycles. The smallest absolute Gasteiger partial charge is 0.341 e. The van der Waals surface area contributed by atoms with Crippen molar-refractivity contribution >= 4 is 39.6 Å². The van der Waals surface area contributed by atoms with E-state index in [1.165, 1.54) is 42.4 Å². The maximum atomic E-state index is 12.6. The maximum absolute atomic E-state index is 12.6. The average molecular weight is 429 g/mol. The fourth-order valence-electron chi connectivity index (χ4n) is 4.53. The van der Waals surface area contributed by atoms with Crippen LogP contribution in [0.4, 0.5) is 5.00 Å². The Morgan fingerprint density at radius 3 is 2.72 bits per heavy atom. The Morgan fingerprint density at radius 1 is 1.10 bits per heavy atom. The number of hydrogen-bond donors (Lipinski definition) is 2. The van der Waals surface area contributed by atoms with Crippen LogP contribution in [-0.4, -0.2) is 18.2 Å². The Hall–Kier alpha value is -1.92. The Bertz CT molecular complexity index is 906. The van der Waals surface area contributed by atoms with Gasteiger partial charge in [-0.2, -0.15) is 0 Å². The molecule has 0 spiro atoms. The van der Waals surface area contributed by atoms with Crippen LogP contribution in [0.25, 0.3) is 0 Å². The number of hydrogen-bond acceptors (Lipinski definition) is 4. The van der Waals surface area contributed by atoms with E-state index in [1.807, 2.05) is 0 Å². The number of nitrogens with one attached hydrogen (secondary N) is 2. The van der Waals surface area contributed by atoms with Gasteiger partial charge in [0.2, 0.25) is 0 Å². The van der Waals surface area contributed by atoms with Crippen molar-refractivity contribution in [3.63, 3.8) is 0 Å². The Morgan fingerprint density at radius 2 is 1.90 bits per heavy atom. The summed E-state index contributed by atoms with van der Waals surface area (Å²) in [7, 11) is 1.45. The molecule has 1 aromatic carbocycles. The highest BCUT2D eigenvalue weighted by molar-refractivity contribution is 7.80. The first kappa shape index (κ1) is 20.4. The van der Waals surface area contributed by atoms with Crippen molar-refractivity contribution in [1.82, 2.24) is 5.32 Å². The van der Waals surface area contributed by atoms with Crippen LogP contribution in [0, 0.1) is 0 Å². The van der Waals surface area contributed by atoms with Gasteiger partial charge in [-0.25, -0.2) is 4.79 Å². The van der Waals surface area contributed by atoms with Gasteiger partial charge < -0.3 is 15.4 Å². The number of methoxy groups -OCH3 is 1. The normalized spacial score (nSPS) is 18.6. The summed E-state index contributed by atoms with van der Waals surface area (Å²) >= 11 is 7.32. The van der Waals surface area contributed by atoms with Crippen LogP contribution in [0.3, 0.4) is 0 Å². The lowest BCUT2D eigenvalue weighted by molar-refractivity contribution is 0.0601. The van der Waals surface area contributed by atoms with Crippen molar-refractivity contribution in [3.05, 3.63) is 51.4 Å². The van der Waals surface area contributed by atoms with E-state index in [1.54, 1.807) is 11.3 Å². The second-order valence-electron chi connectivity index (χ2n) is 7.86. The minimum absolute atomic E-state index is 0.211. The Labute approximate surface area is 182 Å². The highest BCUT2D eigenvalue weighted by Gasteiger charge is 2.26. The summed E-state index contributed by atoms with van der Waals surface area (Å²) in [6.45, 7) is 0. The molecule has 1 atom stereocenters. The number of benzene rings is 1. The van der Waals surface area contributed by atoms with E-state index in [9.17, 15) is 4.79 Å². The summed E-state index contributed by atoms with van der Waals surface area (Å²) in [4.78, 5) is 13.9. The van der Waals surface area contributed by atoms with Crippen LogP contribution in [-0.2, 0) is 24.0 Å². The van der Waals surface area contributed by atoms with Crippen LogP contribution >= 0.6 is 23.6 Å². The van der Waals surface area contributed by atoms with Crippen LogP contribution in [0.15, 0.2) is 24.3 Å². The van der Waals surface area contributed by atoms with E-state index in [0.29, 0.717) is 10.7 Å². The van der Waals surface area contributed by atoms with Crippen molar-refractivity contribution < 1.29 is 9.53 Å². The molecule has 1 aromatic heterocycles. The SMILES string of the molecule is COC(=O)c1c(NC(=S)NC2CCCc3ccccc32)sc2c1CCCCCC2. The molecule has 2 aliphatic rings. The van der Waals surface area contributed by atoms with Crippen LogP contribution in [0.1, 0.15) is 76.5 Å². The van der Waals surface area contributed by atoms with E-state index < -0.39 is 0 Å². The Kier molecular flexibility index (Phi) is 6.50. The molecule has 154 valence electrons. The molecule has 1 heterocycles. The van der Waals surface area contributed by atoms with Gasteiger partial charge in [-0.3, -0.25) is 0 Å². The van der Waals surface area contributed by atoms with E-state index in [0.717, 1.165) is 49.1 Å². The molecule has 2 aromatic rings. The van der Waals surface area contributed by atoms with Crippen LogP contribution in [0.2, 0.25) is 0 Å². The highest BCUT2D eigenvalue weighted by atomic mass is 32.1. The van der Waals surface area contributed by atoms with Crippen molar-refractivity contribution in [3.8, 4) is 0 Å². The second-order valence-corrected chi connectivity index (χ2v) is 9.37. The molecular formula is C23H28N2O2S2. The molecule has 0 radical (unpaired) electrons. The molecule has 0 amide bonds. The standard InChI is InChI=1S/C23H28N2O2S2/c1-27-22(26)20-17-12-4-2-3-5-14-19(17)29-21(20)25-23(28)24-18-13-8-10-15-9-6-7-11-16(15)18/h6-7,9,11,18H,2-5,8,10,12-14H2,1H3,(H2,24,25,28). The zero-order valence-corrected chi connectivity index (χ0v) is 18.5. The summed E-state index contributed by atoms with van der Waals surface area (Å²) in [5.74, 6) is -0.267. The van der Waals surface area contributed by atoms with Gasteiger partial charge in [0.05, 0.1) is 18.7 Å². The van der Waals surface area contributed by atoms with Gasteiger partial charge >= 0.3 is 5.97 Å². The number of thiophene rings is 1. The lowest BCUT2D eigenvalue weighted by Gasteiger charge is -2.27. The Balaban J connectivity index is 1.55. The number of aryl methyl sites for hydroxylation is 2. The zero-order valence-electron chi connectivity index (χ0n) is 16.9. The van der Waals surface area contributed by atoms with Crippen molar-refractivity contribution in [2.24, 2.45) is 0 Å². The summed E-state index contributed by atoms with van der Waals surface area (Å²) in [6.07, 6.45) is 10.1. The predicted molar refractivity (Wildman–Crippen MR) is 123 cm³/mol. The van der Waals surface area contributed by atoms with Gasteiger partial charge in [0, 0.05) is 4.88 Å². The number of carbonyl (C=O) groups is 1. The minimum atomic E-state index is -0.267. The van der Waals surface area contributed by atoms with E-state index in [4.69, 9.17) is 17.0 Å². The number of ether oxygens (including phenoxy) is 1. The lowest BCUT2D eigenvalue weighted by Crippen LogP contribution is -2.34. The zero-order chi connectivity index (χ0) is 20.2. The highest BCUT2D eigenvalue weighted by Crippen LogP contribution is 2.38. The van der Waals surface area contributed by atoms with Crippen molar-refractivity contribution in [1.29, 1.82) is 0 Å². The van der Waals surface area contributed by atoms with Crippen molar-refractivity contribution in [2.45, 2.75) is 63.8 Å². The van der Waals surface area contributed by atoms with E-state index in [2.05, 4.69) is 34.9 Å². The first-order chi connectivity index (χ1) is 14.2. The molecule has 0 aliphatic heterocycles. The van der Waals surface area contributed by atoms with Crippen molar-refractivity contribution in [2.75, 3.05) is 12.4 Å². The summed E-state index contributed by atoms with van der Waals surface area (Å²) in [5, 5.41) is 8.23. The fourth-order valence-corrected chi connectivity index (χ4v) is 6.12. The largest absolute Gasteiger partial charge is 0.465 e. The number of anilines is 1. The topological polar surface area (TPSA) is 50.4 Å². The predicted octanol–water partition coefficient (Wildman–Crippen LogP) is 5.56. The number of carbonyl (C=O) groups excluding carboxylic acids is 1. The van der Waals surface area contributed by atoms with Gasteiger partial charge in [-0.05, 0) is 73.9 Å². The molecule has 2 N–H and O–H groups in total. The van der Waals surface area contributed by atoms with Gasteiger partial charge in [0.1, 0.15) is 5.00 Å². The third-order valence-corrected chi connectivity index (χ3v) is 7.39. The molecule has 0 fully saturated rings. The van der Waals surface area contributed by atoms with Crippen LogP contribution < -0.4 is 10.6 Å². The number of fused-ring (bicyclic) bond motifs is 2. The monoisotopic (exact) mass is 428 g/mol.